The van der Waals surface area contributed by atoms with Crippen molar-refractivity contribution in [2.45, 2.75) is 31.3 Å². The van der Waals surface area contributed by atoms with Crippen LogP contribution in [0.1, 0.15) is 46.2 Å². The van der Waals surface area contributed by atoms with Crippen LogP contribution in [0.25, 0.3) is 22.7 Å². The molecule has 0 aliphatic carbocycles. The molecule has 12 nitrogen and oxygen atoms in total. The minimum absolute atomic E-state index is 0.0139. The van der Waals surface area contributed by atoms with E-state index in [1.807, 2.05) is 47.0 Å². The monoisotopic (exact) mass is 912 g/mol. The third kappa shape index (κ3) is 7.42. The van der Waals surface area contributed by atoms with Gasteiger partial charge in [0.1, 0.15) is 12.3 Å². The van der Waals surface area contributed by atoms with Gasteiger partial charge >= 0.3 is 0 Å². The number of methoxy groups -OCH3 is 1. The van der Waals surface area contributed by atoms with Gasteiger partial charge in [0.05, 0.1) is 48.7 Å². The van der Waals surface area contributed by atoms with Crippen molar-refractivity contribution in [2.24, 2.45) is 5.92 Å². The zero-order chi connectivity index (χ0) is 45.6. The molecule has 2 aliphatic heterocycles. The summed E-state index contributed by atoms with van der Waals surface area (Å²) in [5, 5.41) is 28.3. The Balaban J connectivity index is 1.26. The van der Waals surface area contributed by atoms with Crippen LogP contribution in [0.4, 0.5) is 0 Å². The van der Waals surface area contributed by atoms with Crippen molar-refractivity contribution in [1.82, 2.24) is 22.8 Å². The van der Waals surface area contributed by atoms with Crippen molar-refractivity contribution in [3.63, 3.8) is 0 Å². The third-order valence-corrected chi connectivity index (χ3v) is 13.6. The minimum atomic E-state index is -1.49. The number of nitrogens with zero attached hydrogens (tertiary/aromatic N) is 5. The molecule has 1 saturated heterocycles. The first-order valence-electron chi connectivity index (χ1n) is 21.7. The highest BCUT2D eigenvalue weighted by Gasteiger charge is 2.38. The van der Waals surface area contributed by atoms with E-state index in [9.17, 15) is 9.90 Å². The van der Waals surface area contributed by atoms with Crippen LogP contribution in [0.5, 0.6) is 17.5 Å². The van der Waals surface area contributed by atoms with Gasteiger partial charge in [-0.1, -0.05) is 84.9 Å². The molecule has 2 aliphatic rings. The number of likely N-dealkylation sites (tertiary alicyclic amines) is 1. The lowest BCUT2D eigenvalue weighted by Crippen LogP contribution is -3.13. The van der Waals surface area contributed by atoms with E-state index in [2.05, 4.69) is 0 Å². The Hall–Kier alpha value is -7.39. The Morgan fingerprint density at radius 3 is 1.77 bits per heavy atom. The van der Waals surface area contributed by atoms with Gasteiger partial charge in [-0.2, -0.15) is 0 Å². The normalized spacial score (nSPS) is 16.9. The second-order valence-corrected chi connectivity index (χ2v) is 17.6. The van der Waals surface area contributed by atoms with Crippen molar-refractivity contribution in [3.05, 3.63) is 226 Å². The summed E-state index contributed by atoms with van der Waals surface area (Å²) in [5.41, 5.74) is 1.83. The lowest BCUT2D eigenvalue weighted by atomic mass is 9.82. The number of ether oxygens (including phenoxy) is 1. The lowest BCUT2D eigenvalue weighted by molar-refractivity contribution is -0.924. The summed E-state index contributed by atoms with van der Waals surface area (Å²) in [6.07, 6.45) is 0.986. The number of hydrogen-bond donors (Lipinski definition) is 2. The molecule has 2 bridgehead atoms. The SMILES string of the molecule is COc1ccc(C(c2c([O-])n(-c3ccccc3)c(=S)n(-c3ccccc3)c2=O)c2c(O)n(-c3ccccc3)c(=S)n(-c3ccccc3)c2=O)cc1C[NH+]1C[C@H]2C[C@@H](C1)c1cccc(=O)n1C2. The highest BCUT2D eigenvalue weighted by atomic mass is 32.1. The summed E-state index contributed by atoms with van der Waals surface area (Å²) in [6.45, 7) is 2.71. The van der Waals surface area contributed by atoms with Crippen LogP contribution in [-0.2, 0) is 13.1 Å². The van der Waals surface area contributed by atoms with Crippen molar-refractivity contribution < 1.29 is 19.8 Å². The number of nitrogens with one attached hydrogen (secondary N) is 1. The van der Waals surface area contributed by atoms with Crippen molar-refractivity contribution in [2.75, 3.05) is 20.2 Å². The number of quaternary nitrogens is 1. The van der Waals surface area contributed by atoms with Gasteiger partial charge in [0, 0.05) is 47.0 Å². The zero-order valence-electron chi connectivity index (χ0n) is 35.8. The van der Waals surface area contributed by atoms with Crippen molar-refractivity contribution >= 4 is 24.4 Å². The van der Waals surface area contributed by atoms with E-state index in [0.29, 0.717) is 47.2 Å². The van der Waals surface area contributed by atoms with Gasteiger partial charge in [-0.05, 0) is 109 Å². The average Bonchev–Trinajstić information content (AvgIpc) is 3.33. The maximum atomic E-state index is 15.6. The molecule has 14 heteroatoms. The van der Waals surface area contributed by atoms with Crippen LogP contribution in [-0.4, -0.2) is 48.1 Å². The van der Waals surface area contributed by atoms with Crippen LogP contribution in [0.2, 0.25) is 0 Å². The number of pyridine rings is 1. The molecule has 8 aromatic rings. The standard InChI is InChI=1S/C52H44N6O6S2/c1-64-42-26-25-34(28-36(42)32-53-29-33-27-35(31-53)41-23-14-24-43(59)54(41)30-33)44(45-47(60)55(37-15-6-2-7-16-37)51(65)56(48(45)61)38-17-8-3-9-18-38)46-49(62)57(39-19-10-4-11-20-39)52(66)58(50(46)63)40-21-12-5-13-22-40/h2-26,28,33,35,44,60,62H,27,29-32H2,1H3/t33-,35+/m1/s1. The third-order valence-electron chi connectivity index (χ3n) is 12.9. The van der Waals surface area contributed by atoms with Crippen molar-refractivity contribution in [1.29, 1.82) is 0 Å². The number of hydrogen-bond acceptors (Lipinski definition) is 8. The van der Waals surface area contributed by atoms with Crippen LogP contribution >= 0.6 is 24.4 Å². The molecule has 5 heterocycles. The second kappa shape index (κ2) is 17.5. The fourth-order valence-corrected chi connectivity index (χ4v) is 10.8. The van der Waals surface area contributed by atoms with Crippen LogP contribution in [0.3, 0.4) is 0 Å². The van der Waals surface area contributed by atoms with Gasteiger partial charge in [0.15, 0.2) is 9.54 Å². The molecule has 0 radical (unpaired) electrons. The molecule has 2 unspecified atom stereocenters. The number of aromatic hydroxyl groups is 1. The zero-order valence-corrected chi connectivity index (χ0v) is 37.5. The number of piperidine rings is 1. The molecule has 5 aromatic carbocycles. The molecule has 330 valence electrons. The van der Waals surface area contributed by atoms with Gasteiger partial charge in [-0.25, -0.2) is 0 Å². The average molecular weight is 913 g/mol. The molecule has 3 aromatic heterocycles. The maximum Gasteiger partial charge on any atom is 0.266 e. The quantitative estimate of drug-likeness (QED) is 0.152. The van der Waals surface area contributed by atoms with E-state index in [-0.39, 0.29) is 38.1 Å². The number of para-hydroxylation sites is 4. The predicted octanol–water partition coefficient (Wildman–Crippen LogP) is 6.36. The molecule has 1 fully saturated rings. The van der Waals surface area contributed by atoms with Crippen LogP contribution in [0, 0.1) is 15.5 Å². The summed E-state index contributed by atoms with van der Waals surface area (Å²) in [6, 6.07) is 46.2. The summed E-state index contributed by atoms with van der Waals surface area (Å²) in [4.78, 5) is 45.3. The van der Waals surface area contributed by atoms with E-state index in [1.165, 1.54) is 23.2 Å². The second-order valence-electron chi connectivity index (χ2n) is 16.9. The van der Waals surface area contributed by atoms with Crippen LogP contribution < -0.4 is 31.4 Å². The molecule has 4 atom stereocenters. The lowest BCUT2D eigenvalue weighted by Gasteiger charge is -2.40. The van der Waals surface area contributed by atoms with Gasteiger partial charge in [-0.15, -0.1) is 0 Å². The van der Waals surface area contributed by atoms with E-state index < -0.39 is 28.8 Å². The summed E-state index contributed by atoms with van der Waals surface area (Å²) >= 11 is 12.1. The first kappa shape index (κ1) is 42.6. The molecule has 0 amide bonds. The highest BCUT2D eigenvalue weighted by molar-refractivity contribution is 7.71. The molecular formula is C52H44N6O6S2. The first-order chi connectivity index (χ1) is 32.1. The summed E-state index contributed by atoms with van der Waals surface area (Å²) in [7, 11) is 1.59. The van der Waals surface area contributed by atoms with E-state index in [0.717, 1.165) is 30.8 Å². The fraction of sp³-hybridized carbons (Fsp3) is 0.173. The Morgan fingerprint density at radius 1 is 0.667 bits per heavy atom. The van der Waals surface area contributed by atoms with Crippen LogP contribution in [0.15, 0.2) is 172 Å². The topological polar surface area (TPSA) is 133 Å². The Labute approximate surface area is 389 Å². The molecule has 66 heavy (non-hydrogen) atoms. The maximum absolute atomic E-state index is 15.6. The smallest absolute Gasteiger partial charge is 0.266 e. The fourth-order valence-electron chi connectivity index (χ4n) is 10.1. The number of aromatic nitrogens is 5. The number of fused-ring (bicyclic) bond motifs is 4. The van der Waals surface area contributed by atoms with Crippen molar-refractivity contribution in [3.8, 4) is 40.3 Å². The van der Waals surface area contributed by atoms with Gasteiger partial charge in [0.2, 0.25) is 5.88 Å². The van der Waals surface area contributed by atoms with Gasteiger partial charge in [-0.3, -0.25) is 28.1 Å². The Bertz CT molecular complexity index is 3280. The largest absolute Gasteiger partial charge is 0.859 e. The van der Waals surface area contributed by atoms with E-state index >= 15 is 14.7 Å². The van der Waals surface area contributed by atoms with E-state index in [4.69, 9.17) is 29.2 Å². The predicted molar refractivity (Wildman–Crippen MR) is 255 cm³/mol. The summed E-state index contributed by atoms with van der Waals surface area (Å²) < 4.78 is 13.1. The minimum Gasteiger partial charge on any atom is -0.859 e. The number of benzene rings is 5. The number of rotatable bonds is 10. The Morgan fingerprint density at radius 2 is 1.20 bits per heavy atom. The molecule has 0 spiro atoms. The summed E-state index contributed by atoms with van der Waals surface area (Å²) in [5.74, 6) is -1.75. The molecule has 2 N–H and O–H groups in total. The molecular weight excluding hydrogens is 869 g/mol. The van der Waals surface area contributed by atoms with E-state index in [1.54, 1.807) is 122 Å². The molecule has 10 rings (SSSR count). The van der Waals surface area contributed by atoms with Gasteiger partial charge < -0.3 is 29.0 Å². The first-order valence-corrected chi connectivity index (χ1v) is 22.6. The molecule has 0 saturated carbocycles. The highest BCUT2D eigenvalue weighted by Crippen LogP contribution is 2.40. The van der Waals surface area contributed by atoms with Gasteiger partial charge in [0.25, 0.3) is 16.7 Å². The Kier molecular flexibility index (Phi) is 11.3.